The second kappa shape index (κ2) is 7.70. The molecule has 0 radical (unpaired) electrons. The van der Waals surface area contributed by atoms with Crippen LogP contribution in [0.4, 0.5) is 0 Å². The van der Waals surface area contributed by atoms with Crippen LogP contribution < -0.4 is 0 Å². The first-order chi connectivity index (χ1) is 16.8. The number of amides is 2. The molecule has 3 aromatic carbocycles. The Morgan fingerprint density at radius 2 is 1.43 bits per heavy atom. The van der Waals surface area contributed by atoms with Crippen molar-refractivity contribution in [3.8, 4) is 0 Å². The molecule has 3 atom stereocenters. The first-order valence-corrected chi connectivity index (χ1v) is 11.7. The summed E-state index contributed by atoms with van der Waals surface area (Å²) in [6.45, 7) is 2.00. The van der Waals surface area contributed by atoms with E-state index < -0.39 is 46.9 Å². The molecule has 2 heterocycles. The number of halogens is 1. The van der Waals surface area contributed by atoms with Gasteiger partial charge in [0.15, 0.2) is 0 Å². The number of nitrogens with zero attached hydrogens (tertiary/aromatic N) is 1. The first-order valence-electron chi connectivity index (χ1n) is 11.4. The molecule has 6 nitrogen and oxygen atoms in total. The van der Waals surface area contributed by atoms with Crippen molar-refractivity contribution in [1.82, 2.24) is 4.90 Å². The summed E-state index contributed by atoms with van der Waals surface area (Å²) in [5, 5.41) is 0.334. The van der Waals surface area contributed by atoms with Crippen LogP contribution in [-0.4, -0.2) is 33.9 Å². The summed E-state index contributed by atoms with van der Waals surface area (Å²) < 4.78 is 6.25. The number of hydrogen-bond acceptors (Lipinski definition) is 5. The van der Waals surface area contributed by atoms with Crippen molar-refractivity contribution in [3.05, 3.63) is 106 Å². The van der Waals surface area contributed by atoms with Crippen LogP contribution in [-0.2, 0) is 20.9 Å². The van der Waals surface area contributed by atoms with Crippen molar-refractivity contribution in [1.29, 1.82) is 0 Å². The molecule has 0 saturated carbocycles. The van der Waals surface area contributed by atoms with Crippen LogP contribution in [0.3, 0.4) is 0 Å². The van der Waals surface area contributed by atoms with Crippen molar-refractivity contribution < 1.29 is 23.9 Å². The van der Waals surface area contributed by atoms with Crippen LogP contribution in [0.2, 0.25) is 5.02 Å². The SMILES string of the molecule is Cc1ccc(CN2C(=O)[C@@H]3[C@@H](c4ccccc4Cl)OC4(C(=O)c5ccccc5C4=O)[C@@H]3C2=O)cc1. The van der Waals surface area contributed by atoms with Crippen LogP contribution >= 0.6 is 11.6 Å². The lowest BCUT2D eigenvalue weighted by atomic mass is 9.77. The molecule has 1 spiro atoms. The molecule has 2 fully saturated rings. The average molecular weight is 486 g/mol. The number of likely N-dealkylation sites (tertiary alicyclic amines) is 1. The Bertz CT molecular complexity index is 1390. The van der Waals surface area contributed by atoms with Crippen molar-refractivity contribution in [2.45, 2.75) is 25.2 Å². The largest absolute Gasteiger partial charge is 0.349 e. The molecular formula is C28H20ClNO5. The number of rotatable bonds is 3. The number of fused-ring (bicyclic) bond motifs is 3. The molecule has 2 saturated heterocycles. The minimum Gasteiger partial charge on any atom is -0.349 e. The lowest BCUT2D eigenvalue weighted by Gasteiger charge is -2.27. The Balaban J connectivity index is 1.49. The van der Waals surface area contributed by atoms with E-state index in [9.17, 15) is 19.2 Å². The number of ketones is 2. The molecule has 2 aliphatic heterocycles. The normalized spacial score (nSPS) is 24.4. The van der Waals surface area contributed by atoms with Crippen LogP contribution in [0.5, 0.6) is 0 Å². The number of Topliss-reactive ketones (excluding diaryl/α,β-unsaturated/α-hetero) is 2. The summed E-state index contributed by atoms with van der Waals surface area (Å²) >= 11 is 6.46. The highest BCUT2D eigenvalue weighted by Gasteiger charge is 2.74. The van der Waals surface area contributed by atoms with E-state index in [1.807, 2.05) is 31.2 Å². The Kier molecular flexibility index (Phi) is 4.82. The van der Waals surface area contributed by atoms with Gasteiger partial charge >= 0.3 is 0 Å². The highest BCUT2D eigenvalue weighted by atomic mass is 35.5. The van der Waals surface area contributed by atoms with Crippen molar-refractivity contribution in [2.24, 2.45) is 11.8 Å². The summed E-state index contributed by atoms with van der Waals surface area (Å²) in [4.78, 5) is 56.2. The highest BCUT2D eigenvalue weighted by Crippen LogP contribution is 2.58. The molecule has 174 valence electrons. The Hall–Kier alpha value is -3.61. The van der Waals surface area contributed by atoms with Crippen molar-refractivity contribution in [2.75, 3.05) is 0 Å². The average Bonchev–Trinajstić information content (AvgIpc) is 3.42. The van der Waals surface area contributed by atoms with Crippen LogP contribution in [0.1, 0.15) is 43.5 Å². The Morgan fingerprint density at radius 1 is 0.829 bits per heavy atom. The van der Waals surface area contributed by atoms with Gasteiger partial charge in [0.25, 0.3) is 0 Å². The van der Waals surface area contributed by atoms with E-state index in [1.165, 1.54) is 0 Å². The number of aryl methyl sites for hydroxylation is 1. The van der Waals surface area contributed by atoms with Gasteiger partial charge in [0.05, 0.1) is 24.5 Å². The third-order valence-electron chi connectivity index (χ3n) is 7.28. The molecule has 3 aromatic rings. The summed E-state index contributed by atoms with van der Waals surface area (Å²) in [6, 6.07) is 20.8. The standard InChI is InChI=1S/C28H20ClNO5/c1-15-10-12-16(13-11-15)14-30-26(33)21-22(27(30)34)28(35-23(21)19-8-4-5-9-20(19)29)24(31)17-6-2-3-7-18(17)25(28)32/h2-13,21-23H,14H2,1H3/t21-,22-,23+/m0/s1. The third-order valence-corrected chi connectivity index (χ3v) is 7.63. The first kappa shape index (κ1) is 21.9. The van der Waals surface area contributed by atoms with Gasteiger partial charge in [-0.1, -0.05) is 83.9 Å². The van der Waals surface area contributed by atoms with E-state index in [-0.39, 0.29) is 17.7 Å². The van der Waals surface area contributed by atoms with E-state index in [2.05, 4.69) is 0 Å². The van der Waals surface area contributed by atoms with Gasteiger partial charge in [-0.3, -0.25) is 24.1 Å². The van der Waals surface area contributed by atoms with Gasteiger partial charge in [0.1, 0.15) is 0 Å². The predicted octanol–water partition coefficient (Wildman–Crippen LogP) is 4.34. The zero-order valence-electron chi connectivity index (χ0n) is 18.7. The van der Waals surface area contributed by atoms with Crippen LogP contribution in [0.15, 0.2) is 72.8 Å². The lowest BCUT2D eigenvalue weighted by Crippen LogP contribution is -2.50. The molecule has 0 bridgehead atoms. The van der Waals surface area contributed by atoms with Gasteiger partial charge in [-0.2, -0.15) is 0 Å². The second-order valence-corrected chi connectivity index (χ2v) is 9.66. The van der Waals surface area contributed by atoms with Gasteiger partial charge in [0.2, 0.25) is 29.0 Å². The van der Waals surface area contributed by atoms with E-state index in [4.69, 9.17) is 16.3 Å². The molecule has 7 heteroatoms. The topological polar surface area (TPSA) is 80.8 Å². The van der Waals surface area contributed by atoms with Crippen LogP contribution in [0.25, 0.3) is 0 Å². The number of carbonyl (C=O) groups is 4. The maximum atomic E-state index is 13.8. The Labute approximate surface area is 206 Å². The molecule has 35 heavy (non-hydrogen) atoms. The fraction of sp³-hybridized carbons (Fsp3) is 0.214. The molecule has 0 N–H and O–H groups in total. The second-order valence-electron chi connectivity index (χ2n) is 9.25. The minimum atomic E-state index is -2.09. The van der Waals surface area contributed by atoms with Gasteiger partial charge in [-0.05, 0) is 18.6 Å². The number of imide groups is 1. The van der Waals surface area contributed by atoms with E-state index in [1.54, 1.807) is 48.5 Å². The summed E-state index contributed by atoms with van der Waals surface area (Å²) in [5.74, 6) is -4.53. The number of ether oxygens (including phenoxy) is 1. The molecule has 3 aliphatic rings. The Morgan fingerprint density at radius 3 is 2.06 bits per heavy atom. The number of benzene rings is 3. The predicted molar refractivity (Wildman–Crippen MR) is 127 cm³/mol. The number of carbonyl (C=O) groups excluding carboxylic acids is 4. The van der Waals surface area contributed by atoms with Gasteiger partial charge in [-0.25, -0.2) is 0 Å². The molecule has 2 amide bonds. The molecule has 0 aromatic heterocycles. The van der Waals surface area contributed by atoms with Gasteiger partial charge in [-0.15, -0.1) is 0 Å². The van der Waals surface area contributed by atoms with E-state index >= 15 is 0 Å². The molecule has 1 aliphatic carbocycles. The summed E-state index contributed by atoms with van der Waals surface area (Å²) in [6.07, 6.45) is -1.02. The number of hydrogen-bond donors (Lipinski definition) is 0. The quantitative estimate of drug-likeness (QED) is 0.407. The molecule has 6 rings (SSSR count). The minimum absolute atomic E-state index is 0.0472. The third kappa shape index (κ3) is 2.93. The summed E-state index contributed by atoms with van der Waals surface area (Å²) in [7, 11) is 0. The van der Waals surface area contributed by atoms with Crippen LogP contribution in [0, 0.1) is 18.8 Å². The zero-order chi connectivity index (χ0) is 24.5. The van der Waals surface area contributed by atoms with E-state index in [0.717, 1.165) is 16.0 Å². The fourth-order valence-electron chi connectivity index (χ4n) is 5.60. The monoisotopic (exact) mass is 485 g/mol. The smallest absolute Gasteiger partial charge is 0.237 e. The molecule has 0 unspecified atom stereocenters. The van der Waals surface area contributed by atoms with E-state index in [0.29, 0.717) is 10.6 Å². The van der Waals surface area contributed by atoms with Gasteiger partial charge in [0, 0.05) is 21.7 Å². The molecular weight excluding hydrogens is 466 g/mol. The highest BCUT2D eigenvalue weighted by molar-refractivity contribution is 6.35. The maximum absolute atomic E-state index is 13.8. The van der Waals surface area contributed by atoms with Gasteiger partial charge < -0.3 is 4.74 Å². The maximum Gasteiger partial charge on any atom is 0.237 e. The lowest BCUT2D eigenvalue weighted by molar-refractivity contribution is -0.145. The van der Waals surface area contributed by atoms with Crippen molar-refractivity contribution in [3.63, 3.8) is 0 Å². The van der Waals surface area contributed by atoms with Crippen molar-refractivity contribution >= 4 is 35.0 Å². The zero-order valence-corrected chi connectivity index (χ0v) is 19.5. The summed E-state index contributed by atoms with van der Waals surface area (Å²) in [5.41, 5.74) is 0.606. The fourth-order valence-corrected chi connectivity index (χ4v) is 5.84.